The Morgan fingerprint density at radius 1 is 1.17 bits per heavy atom. The Morgan fingerprint density at radius 2 is 2.00 bits per heavy atom. The summed E-state index contributed by atoms with van der Waals surface area (Å²) in [7, 11) is 0. The molecule has 1 N–H and O–H groups in total. The number of carbonyl (C=O) groups excluding carboxylic acids is 1. The van der Waals surface area contributed by atoms with E-state index in [4.69, 9.17) is 0 Å². The zero-order valence-corrected chi connectivity index (χ0v) is 13.9. The van der Waals surface area contributed by atoms with E-state index in [1.165, 1.54) is 6.42 Å². The third kappa shape index (κ3) is 2.96. The fourth-order valence-electron chi connectivity index (χ4n) is 4.01. The van der Waals surface area contributed by atoms with Crippen molar-refractivity contribution >= 4 is 5.91 Å². The van der Waals surface area contributed by atoms with Crippen molar-refractivity contribution in [2.24, 2.45) is 5.41 Å². The molecule has 0 bridgehead atoms. The van der Waals surface area contributed by atoms with E-state index in [0.717, 1.165) is 50.1 Å². The number of nitrogens with zero attached hydrogens (tertiary/aromatic N) is 3. The summed E-state index contributed by atoms with van der Waals surface area (Å²) in [4.78, 5) is 15.1. The molecule has 0 aliphatic carbocycles. The van der Waals surface area contributed by atoms with Gasteiger partial charge >= 0.3 is 0 Å². The average molecular weight is 324 g/mol. The van der Waals surface area contributed by atoms with Crippen molar-refractivity contribution in [2.45, 2.75) is 25.8 Å². The number of amides is 1. The molecule has 4 rings (SSSR count). The van der Waals surface area contributed by atoms with Gasteiger partial charge in [0.15, 0.2) is 0 Å². The highest BCUT2D eigenvalue weighted by Crippen LogP contribution is 2.37. The minimum absolute atomic E-state index is 0.165. The van der Waals surface area contributed by atoms with Gasteiger partial charge in [-0.1, -0.05) is 18.2 Å². The molecule has 3 heterocycles. The van der Waals surface area contributed by atoms with Gasteiger partial charge in [-0.25, -0.2) is 0 Å². The highest BCUT2D eigenvalue weighted by molar-refractivity contribution is 5.95. The number of aromatic nitrogens is 2. The SMILES string of the molecule is O=C(c1ccccc1Cn1cccn1)N1CCC2(CCNC2)CC1. The zero-order chi connectivity index (χ0) is 16.4. The van der Waals surface area contributed by atoms with Crippen molar-refractivity contribution < 1.29 is 4.79 Å². The lowest BCUT2D eigenvalue weighted by Gasteiger charge is -2.39. The molecule has 1 aromatic heterocycles. The monoisotopic (exact) mass is 324 g/mol. The summed E-state index contributed by atoms with van der Waals surface area (Å²) in [5.74, 6) is 0.165. The first-order valence-electron chi connectivity index (χ1n) is 8.81. The minimum Gasteiger partial charge on any atom is -0.339 e. The maximum atomic E-state index is 13.0. The topological polar surface area (TPSA) is 50.2 Å². The summed E-state index contributed by atoms with van der Waals surface area (Å²) < 4.78 is 1.86. The van der Waals surface area contributed by atoms with Gasteiger partial charge < -0.3 is 10.2 Å². The van der Waals surface area contributed by atoms with Gasteiger partial charge in [0.1, 0.15) is 0 Å². The molecule has 0 saturated carbocycles. The molecule has 0 unspecified atom stereocenters. The maximum Gasteiger partial charge on any atom is 0.254 e. The van der Waals surface area contributed by atoms with Crippen molar-refractivity contribution in [2.75, 3.05) is 26.2 Å². The van der Waals surface area contributed by atoms with E-state index in [2.05, 4.69) is 10.4 Å². The first-order valence-corrected chi connectivity index (χ1v) is 8.81. The third-order valence-electron chi connectivity index (χ3n) is 5.58. The van der Waals surface area contributed by atoms with E-state index in [1.54, 1.807) is 6.20 Å². The van der Waals surface area contributed by atoms with Gasteiger partial charge in [0.2, 0.25) is 0 Å². The van der Waals surface area contributed by atoms with Gasteiger partial charge in [0.05, 0.1) is 6.54 Å². The van der Waals surface area contributed by atoms with Crippen molar-refractivity contribution in [3.8, 4) is 0 Å². The summed E-state index contributed by atoms with van der Waals surface area (Å²) in [6, 6.07) is 9.82. The number of hydrogen-bond donors (Lipinski definition) is 1. The van der Waals surface area contributed by atoms with Crippen LogP contribution >= 0.6 is 0 Å². The number of carbonyl (C=O) groups is 1. The van der Waals surface area contributed by atoms with Gasteiger partial charge in [0.25, 0.3) is 5.91 Å². The van der Waals surface area contributed by atoms with Crippen LogP contribution in [0.1, 0.15) is 35.2 Å². The molecule has 2 fully saturated rings. The molecule has 2 saturated heterocycles. The molecule has 5 heteroatoms. The second-order valence-electron chi connectivity index (χ2n) is 7.08. The van der Waals surface area contributed by atoms with Crippen molar-refractivity contribution in [3.05, 3.63) is 53.9 Å². The normalized spacial score (nSPS) is 19.8. The Hall–Kier alpha value is -2.14. The predicted octanol–water partition coefficient (Wildman–Crippen LogP) is 2.15. The fraction of sp³-hybridized carbons (Fsp3) is 0.474. The molecule has 0 atom stereocenters. The van der Waals surface area contributed by atoms with Crippen LogP contribution in [0.4, 0.5) is 0 Å². The zero-order valence-electron chi connectivity index (χ0n) is 13.9. The molecule has 2 aliphatic rings. The van der Waals surface area contributed by atoms with Gasteiger partial charge in [-0.2, -0.15) is 5.10 Å². The summed E-state index contributed by atoms with van der Waals surface area (Å²) >= 11 is 0. The average Bonchev–Trinajstić information content (AvgIpc) is 3.28. The number of nitrogens with one attached hydrogen (secondary N) is 1. The van der Waals surface area contributed by atoms with Gasteiger partial charge in [-0.15, -0.1) is 0 Å². The molecule has 1 amide bonds. The van der Waals surface area contributed by atoms with Crippen LogP contribution in [0.3, 0.4) is 0 Å². The molecule has 5 nitrogen and oxygen atoms in total. The lowest BCUT2D eigenvalue weighted by atomic mass is 9.77. The number of rotatable bonds is 3. The quantitative estimate of drug-likeness (QED) is 0.941. The molecule has 0 radical (unpaired) electrons. The summed E-state index contributed by atoms with van der Waals surface area (Å²) in [6.45, 7) is 4.62. The summed E-state index contributed by atoms with van der Waals surface area (Å²) in [5, 5.41) is 7.74. The van der Waals surface area contributed by atoms with E-state index < -0.39 is 0 Å². The van der Waals surface area contributed by atoms with Crippen LogP contribution in [0.5, 0.6) is 0 Å². The Labute approximate surface area is 142 Å². The van der Waals surface area contributed by atoms with Crippen LogP contribution < -0.4 is 5.32 Å². The second-order valence-corrected chi connectivity index (χ2v) is 7.08. The molecule has 126 valence electrons. The molecular weight excluding hydrogens is 300 g/mol. The highest BCUT2D eigenvalue weighted by atomic mass is 16.2. The Balaban J connectivity index is 1.48. The molecular formula is C19H24N4O. The van der Waals surface area contributed by atoms with E-state index in [9.17, 15) is 4.79 Å². The van der Waals surface area contributed by atoms with Crippen LogP contribution in [-0.4, -0.2) is 46.8 Å². The third-order valence-corrected chi connectivity index (χ3v) is 5.58. The van der Waals surface area contributed by atoms with Gasteiger partial charge in [-0.05, 0) is 48.9 Å². The van der Waals surface area contributed by atoms with Crippen LogP contribution in [0.25, 0.3) is 0 Å². The van der Waals surface area contributed by atoms with Crippen LogP contribution in [0, 0.1) is 5.41 Å². The predicted molar refractivity (Wildman–Crippen MR) is 92.8 cm³/mol. The highest BCUT2D eigenvalue weighted by Gasteiger charge is 2.38. The van der Waals surface area contributed by atoms with Crippen molar-refractivity contribution in [3.63, 3.8) is 0 Å². The standard InChI is InChI=1S/C19H24N4O/c24-18(22-12-7-19(8-13-22)6-10-20-15-19)17-5-2-1-4-16(17)14-23-11-3-9-21-23/h1-5,9,11,20H,6-8,10,12-15H2. The van der Waals surface area contributed by atoms with E-state index in [1.807, 2.05) is 46.1 Å². The van der Waals surface area contributed by atoms with Crippen molar-refractivity contribution in [1.29, 1.82) is 0 Å². The molecule has 2 aliphatic heterocycles. The van der Waals surface area contributed by atoms with Crippen molar-refractivity contribution in [1.82, 2.24) is 20.0 Å². The summed E-state index contributed by atoms with van der Waals surface area (Å²) in [5.41, 5.74) is 2.29. The number of benzene rings is 1. The lowest BCUT2D eigenvalue weighted by molar-refractivity contribution is 0.0606. The fourth-order valence-corrected chi connectivity index (χ4v) is 4.01. The van der Waals surface area contributed by atoms with E-state index >= 15 is 0 Å². The van der Waals surface area contributed by atoms with E-state index in [0.29, 0.717) is 12.0 Å². The first-order chi connectivity index (χ1) is 11.8. The Bertz CT molecular complexity index is 694. The van der Waals surface area contributed by atoms with Gasteiger partial charge in [0, 0.05) is 37.6 Å². The van der Waals surface area contributed by atoms with Gasteiger partial charge in [-0.3, -0.25) is 9.48 Å². The minimum atomic E-state index is 0.165. The number of hydrogen-bond acceptors (Lipinski definition) is 3. The van der Waals surface area contributed by atoms with Crippen LogP contribution in [-0.2, 0) is 6.54 Å². The smallest absolute Gasteiger partial charge is 0.254 e. The first kappa shape index (κ1) is 15.4. The maximum absolute atomic E-state index is 13.0. The number of likely N-dealkylation sites (tertiary alicyclic amines) is 1. The second kappa shape index (κ2) is 6.40. The lowest BCUT2D eigenvalue weighted by Crippen LogP contribution is -2.44. The molecule has 1 spiro atoms. The van der Waals surface area contributed by atoms with E-state index in [-0.39, 0.29) is 5.91 Å². The van der Waals surface area contributed by atoms with Crippen LogP contribution in [0.2, 0.25) is 0 Å². The molecule has 1 aromatic carbocycles. The van der Waals surface area contributed by atoms with Crippen LogP contribution in [0.15, 0.2) is 42.7 Å². The number of piperidine rings is 1. The summed E-state index contributed by atoms with van der Waals surface area (Å²) in [6.07, 6.45) is 7.19. The molecule has 2 aromatic rings. The molecule has 24 heavy (non-hydrogen) atoms. The largest absolute Gasteiger partial charge is 0.339 e. The Morgan fingerprint density at radius 3 is 2.71 bits per heavy atom. The Kier molecular flexibility index (Phi) is 4.10.